The lowest BCUT2D eigenvalue weighted by atomic mass is 10.2. The number of amides is 2. The molecule has 0 unspecified atom stereocenters. The summed E-state index contributed by atoms with van der Waals surface area (Å²) in [6, 6.07) is 5.84. The molecule has 5 nitrogen and oxygen atoms in total. The maximum Gasteiger partial charge on any atom is 0.238 e. The first-order chi connectivity index (χ1) is 10.2. The quantitative estimate of drug-likeness (QED) is 0.837. The summed E-state index contributed by atoms with van der Waals surface area (Å²) in [4.78, 5) is 27.4. The highest BCUT2D eigenvalue weighted by Crippen LogP contribution is 2.19. The van der Waals surface area contributed by atoms with Gasteiger partial charge in [-0.25, -0.2) is 0 Å². The number of nitrogens with one attached hydrogen (secondary N) is 1. The molecule has 1 aromatic carbocycles. The minimum absolute atomic E-state index is 0.00474. The highest BCUT2D eigenvalue weighted by Gasteiger charge is 2.16. The number of rotatable bonds is 6. The Kier molecular flexibility index (Phi) is 7.03. The number of hydrogen-bond donors (Lipinski definition) is 1. The van der Waals surface area contributed by atoms with Crippen molar-refractivity contribution in [1.29, 1.82) is 0 Å². The molecule has 22 heavy (non-hydrogen) atoms. The molecule has 0 heterocycles. The van der Waals surface area contributed by atoms with Crippen molar-refractivity contribution in [1.82, 2.24) is 9.80 Å². The highest BCUT2D eigenvalue weighted by molar-refractivity contribution is 9.10. The van der Waals surface area contributed by atoms with E-state index in [0.29, 0.717) is 0 Å². The van der Waals surface area contributed by atoms with E-state index in [-0.39, 0.29) is 30.9 Å². The third kappa shape index (κ3) is 5.77. The van der Waals surface area contributed by atoms with E-state index >= 15 is 0 Å². The van der Waals surface area contributed by atoms with Crippen LogP contribution in [-0.4, -0.2) is 54.8 Å². The van der Waals surface area contributed by atoms with Crippen LogP contribution in [0.4, 0.5) is 5.69 Å². The maximum atomic E-state index is 12.1. The van der Waals surface area contributed by atoms with E-state index in [2.05, 4.69) is 21.2 Å². The summed E-state index contributed by atoms with van der Waals surface area (Å²) >= 11 is 3.39. The van der Waals surface area contributed by atoms with Crippen LogP contribution in [0.15, 0.2) is 22.7 Å². The van der Waals surface area contributed by atoms with Crippen molar-refractivity contribution in [3.8, 4) is 0 Å². The van der Waals surface area contributed by atoms with Crippen molar-refractivity contribution < 1.29 is 9.59 Å². The van der Waals surface area contributed by atoms with E-state index in [1.54, 1.807) is 23.9 Å². The Balaban J connectivity index is 2.52. The van der Waals surface area contributed by atoms with Crippen molar-refractivity contribution in [2.45, 2.75) is 26.8 Å². The van der Waals surface area contributed by atoms with Gasteiger partial charge in [0.2, 0.25) is 11.8 Å². The zero-order chi connectivity index (χ0) is 16.9. The Morgan fingerprint density at radius 2 is 1.86 bits per heavy atom. The van der Waals surface area contributed by atoms with Gasteiger partial charge in [0, 0.05) is 23.2 Å². The van der Waals surface area contributed by atoms with Crippen LogP contribution in [0.3, 0.4) is 0 Å². The van der Waals surface area contributed by atoms with Crippen LogP contribution in [0.1, 0.15) is 19.4 Å². The van der Waals surface area contributed by atoms with E-state index < -0.39 is 0 Å². The Morgan fingerprint density at radius 1 is 1.23 bits per heavy atom. The molecule has 1 rings (SSSR count). The molecule has 0 saturated carbocycles. The third-order valence-electron chi connectivity index (χ3n) is 3.45. The summed E-state index contributed by atoms with van der Waals surface area (Å²) in [7, 11) is 3.53. The number of likely N-dealkylation sites (N-methyl/N-ethyl adjacent to an activating group) is 2. The van der Waals surface area contributed by atoms with Gasteiger partial charge in [-0.15, -0.1) is 0 Å². The molecule has 122 valence electrons. The number of hydrogen-bond acceptors (Lipinski definition) is 3. The van der Waals surface area contributed by atoms with Crippen LogP contribution < -0.4 is 5.32 Å². The fourth-order valence-electron chi connectivity index (χ4n) is 1.89. The number of carbonyl (C=O) groups is 2. The average Bonchev–Trinajstić information content (AvgIpc) is 2.40. The molecule has 0 atom stereocenters. The van der Waals surface area contributed by atoms with Crippen molar-refractivity contribution >= 4 is 33.4 Å². The summed E-state index contributed by atoms with van der Waals surface area (Å²) < 4.78 is 0.974. The van der Waals surface area contributed by atoms with Crippen LogP contribution in [0.25, 0.3) is 0 Å². The number of halogens is 1. The van der Waals surface area contributed by atoms with Gasteiger partial charge in [0.15, 0.2) is 0 Å². The van der Waals surface area contributed by atoms with Gasteiger partial charge in [-0.1, -0.05) is 15.9 Å². The van der Waals surface area contributed by atoms with Gasteiger partial charge in [0.25, 0.3) is 0 Å². The number of anilines is 1. The highest BCUT2D eigenvalue weighted by atomic mass is 79.9. The molecule has 0 aromatic heterocycles. The Hall–Kier alpha value is -1.40. The lowest BCUT2D eigenvalue weighted by molar-refractivity contribution is -0.132. The molecule has 0 bridgehead atoms. The summed E-state index contributed by atoms with van der Waals surface area (Å²) in [5.74, 6) is -0.127. The van der Waals surface area contributed by atoms with Gasteiger partial charge < -0.3 is 10.2 Å². The van der Waals surface area contributed by atoms with E-state index in [1.165, 1.54) is 0 Å². The molecule has 0 fully saturated rings. The second kappa shape index (κ2) is 8.29. The van der Waals surface area contributed by atoms with Crippen LogP contribution in [0.2, 0.25) is 0 Å². The maximum absolute atomic E-state index is 12.1. The van der Waals surface area contributed by atoms with Crippen LogP contribution >= 0.6 is 15.9 Å². The van der Waals surface area contributed by atoms with Crippen molar-refractivity contribution in [3.05, 3.63) is 28.2 Å². The van der Waals surface area contributed by atoms with Gasteiger partial charge in [-0.05, 0) is 51.6 Å². The minimum atomic E-state index is -0.132. The number of nitrogens with zero attached hydrogens (tertiary/aromatic N) is 2. The predicted molar refractivity (Wildman–Crippen MR) is 92.9 cm³/mol. The zero-order valence-corrected chi connectivity index (χ0v) is 15.4. The normalized spacial score (nSPS) is 10.9. The van der Waals surface area contributed by atoms with Crippen molar-refractivity contribution in [3.63, 3.8) is 0 Å². The van der Waals surface area contributed by atoms with Crippen LogP contribution in [0.5, 0.6) is 0 Å². The first-order valence-corrected chi connectivity index (χ1v) is 8.00. The van der Waals surface area contributed by atoms with Gasteiger partial charge >= 0.3 is 0 Å². The Bertz CT molecular complexity index is 546. The number of benzene rings is 1. The topological polar surface area (TPSA) is 52.7 Å². The van der Waals surface area contributed by atoms with Crippen molar-refractivity contribution in [2.24, 2.45) is 0 Å². The van der Waals surface area contributed by atoms with Crippen molar-refractivity contribution in [2.75, 3.05) is 32.5 Å². The largest absolute Gasteiger partial charge is 0.342 e. The Labute approximate surface area is 140 Å². The first kappa shape index (κ1) is 18.6. The monoisotopic (exact) mass is 369 g/mol. The average molecular weight is 370 g/mol. The van der Waals surface area contributed by atoms with Crippen LogP contribution in [0, 0.1) is 6.92 Å². The summed E-state index contributed by atoms with van der Waals surface area (Å²) in [6.45, 7) is 6.25. The SMILES string of the molecule is Cc1cc(Br)ccc1NC(=O)CN(C)CC(=O)N(C)C(C)C. The summed E-state index contributed by atoms with van der Waals surface area (Å²) in [5.41, 5.74) is 1.77. The molecule has 0 aliphatic rings. The third-order valence-corrected chi connectivity index (χ3v) is 3.94. The standard InChI is InChI=1S/C16H24BrN3O2/c1-11(2)20(5)16(22)10-19(4)9-15(21)18-14-7-6-13(17)8-12(14)3/h6-8,11H,9-10H2,1-5H3,(H,18,21). The predicted octanol–water partition coefficient (Wildman–Crippen LogP) is 2.49. The molecular formula is C16H24BrN3O2. The molecule has 0 aliphatic carbocycles. The second-order valence-electron chi connectivity index (χ2n) is 5.78. The number of carbonyl (C=O) groups excluding carboxylic acids is 2. The molecule has 0 aliphatic heterocycles. The second-order valence-corrected chi connectivity index (χ2v) is 6.69. The first-order valence-electron chi connectivity index (χ1n) is 7.21. The zero-order valence-electron chi connectivity index (χ0n) is 13.8. The molecule has 0 spiro atoms. The molecule has 1 aromatic rings. The van der Waals surface area contributed by atoms with E-state index in [0.717, 1.165) is 15.7 Å². The summed E-state index contributed by atoms with van der Waals surface area (Å²) in [6.07, 6.45) is 0. The molecule has 0 saturated heterocycles. The van der Waals surface area contributed by atoms with E-state index in [4.69, 9.17) is 0 Å². The molecular weight excluding hydrogens is 346 g/mol. The molecule has 1 N–H and O–H groups in total. The van der Waals surface area contributed by atoms with Gasteiger partial charge in [0.05, 0.1) is 13.1 Å². The smallest absolute Gasteiger partial charge is 0.238 e. The minimum Gasteiger partial charge on any atom is -0.342 e. The molecule has 0 radical (unpaired) electrons. The van der Waals surface area contributed by atoms with Crippen LogP contribution in [-0.2, 0) is 9.59 Å². The Morgan fingerprint density at radius 3 is 2.41 bits per heavy atom. The van der Waals surface area contributed by atoms with Gasteiger partial charge in [-0.3, -0.25) is 14.5 Å². The molecule has 2 amide bonds. The summed E-state index contributed by atoms with van der Waals surface area (Å²) in [5, 5.41) is 2.87. The lowest BCUT2D eigenvalue weighted by Crippen LogP contribution is -2.42. The lowest BCUT2D eigenvalue weighted by Gasteiger charge is -2.24. The van der Waals surface area contributed by atoms with Gasteiger partial charge in [0.1, 0.15) is 0 Å². The fourth-order valence-corrected chi connectivity index (χ4v) is 2.36. The van der Waals surface area contributed by atoms with E-state index in [1.807, 2.05) is 39.0 Å². The van der Waals surface area contributed by atoms with Gasteiger partial charge in [-0.2, -0.15) is 0 Å². The van der Waals surface area contributed by atoms with E-state index in [9.17, 15) is 9.59 Å². The number of aryl methyl sites for hydroxylation is 1. The molecule has 6 heteroatoms. The fraction of sp³-hybridized carbons (Fsp3) is 0.500.